The van der Waals surface area contributed by atoms with E-state index in [9.17, 15) is 0 Å². The van der Waals surface area contributed by atoms with Gasteiger partial charge in [-0.2, -0.15) is 4.98 Å². The minimum absolute atomic E-state index is 0.0656. The Labute approximate surface area is 190 Å². The molecule has 9 nitrogen and oxygen atoms in total. The number of nitrogens with one attached hydrogen (secondary N) is 4. The van der Waals surface area contributed by atoms with Gasteiger partial charge < -0.3 is 30.4 Å². The van der Waals surface area contributed by atoms with Crippen LogP contribution in [0.5, 0.6) is 5.75 Å². The SMILES string of the molecule is COc1ccc2[nH]cc(CCNc3nccc(Nc4ccc5nc(CCO)[nH]c5c4)n3)c2c1. The minimum atomic E-state index is 0.0656. The Bertz CT molecular complexity index is 1390. The van der Waals surface area contributed by atoms with Crippen molar-refractivity contribution in [1.29, 1.82) is 0 Å². The van der Waals surface area contributed by atoms with Crippen LogP contribution >= 0.6 is 0 Å². The Morgan fingerprint density at radius 2 is 1.97 bits per heavy atom. The first-order chi connectivity index (χ1) is 16.2. The summed E-state index contributed by atoms with van der Waals surface area (Å²) in [5.74, 6) is 2.87. The number of aromatic nitrogens is 5. The van der Waals surface area contributed by atoms with Crippen molar-refractivity contribution in [3.05, 3.63) is 66.2 Å². The van der Waals surface area contributed by atoms with E-state index < -0.39 is 0 Å². The summed E-state index contributed by atoms with van der Waals surface area (Å²) in [4.78, 5) is 19.9. The van der Waals surface area contributed by atoms with Crippen LogP contribution in [0.4, 0.5) is 17.5 Å². The normalized spacial score (nSPS) is 11.2. The number of hydrogen-bond acceptors (Lipinski definition) is 7. The number of aromatic amines is 2. The van der Waals surface area contributed by atoms with Crippen LogP contribution < -0.4 is 15.4 Å². The van der Waals surface area contributed by atoms with Gasteiger partial charge >= 0.3 is 0 Å². The molecule has 5 aromatic rings. The fourth-order valence-corrected chi connectivity index (χ4v) is 3.83. The number of fused-ring (bicyclic) bond motifs is 2. The third-order valence-electron chi connectivity index (χ3n) is 5.46. The summed E-state index contributed by atoms with van der Waals surface area (Å²) in [5, 5.41) is 16.9. The molecule has 0 fully saturated rings. The number of H-pyrrole nitrogens is 2. The second-order valence-corrected chi connectivity index (χ2v) is 7.68. The monoisotopic (exact) mass is 443 g/mol. The van der Waals surface area contributed by atoms with Gasteiger partial charge in [0.05, 0.1) is 24.8 Å². The first-order valence-electron chi connectivity index (χ1n) is 10.8. The molecule has 0 aliphatic heterocycles. The number of hydrogen-bond donors (Lipinski definition) is 5. The summed E-state index contributed by atoms with van der Waals surface area (Å²) >= 11 is 0. The molecule has 9 heteroatoms. The number of anilines is 3. The van der Waals surface area contributed by atoms with E-state index in [4.69, 9.17) is 9.84 Å². The molecule has 5 rings (SSSR count). The number of benzene rings is 2. The summed E-state index contributed by atoms with van der Waals surface area (Å²) < 4.78 is 5.35. The number of rotatable bonds is 9. The third kappa shape index (κ3) is 4.58. The van der Waals surface area contributed by atoms with Crippen LogP contribution in [0.3, 0.4) is 0 Å². The van der Waals surface area contributed by atoms with Crippen molar-refractivity contribution < 1.29 is 9.84 Å². The molecule has 0 aliphatic rings. The molecule has 0 amide bonds. The van der Waals surface area contributed by atoms with E-state index >= 15 is 0 Å². The fourth-order valence-electron chi connectivity index (χ4n) is 3.83. The minimum Gasteiger partial charge on any atom is -0.497 e. The average molecular weight is 444 g/mol. The van der Waals surface area contributed by atoms with Crippen molar-refractivity contribution >= 4 is 39.4 Å². The lowest BCUT2D eigenvalue weighted by Gasteiger charge is -2.08. The second-order valence-electron chi connectivity index (χ2n) is 7.68. The third-order valence-corrected chi connectivity index (χ3v) is 5.46. The molecule has 0 bridgehead atoms. The first-order valence-corrected chi connectivity index (χ1v) is 10.8. The summed E-state index contributed by atoms with van der Waals surface area (Å²) in [7, 11) is 1.68. The maximum atomic E-state index is 9.10. The van der Waals surface area contributed by atoms with E-state index in [1.165, 1.54) is 5.56 Å². The van der Waals surface area contributed by atoms with Crippen molar-refractivity contribution in [3.8, 4) is 5.75 Å². The Hall–Kier alpha value is -4.11. The van der Waals surface area contributed by atoms with Gasteiger partial charge in [-0.05, 0) is 54.4 Å². The van der Waals surface area contributed by atoms with Gasteiger partial charge in [0.2, 0.25) is 5.95 Å². The number of nitrogens with zero attached hydrogens (tertiary/aromatic N) is 3. The van der Waals surface area contributed by atoms with Crippen molar-refractivity contribution in [2.24, 2.45) is 0 Å². The average Bonchev–Trinajstić information content (AvgIpc) is 3.42. The predicted octanol–water partition coefficient (Wildman–Crippen LogP) is 3.78. The van der Waals surface area contributed by atoms with E-state index in [2.05, 4.69) is 35.6 Å². The number of ether oxygens (including phenoxy) is 1. The standard InChI is InChI=1S/C24H25N7O2/c1-33-17-3-5-19-18(13-17)15(14-27-19)6-9-25-24-26-10-7-22(31-24)28-16-2-4-20-21(12-16)30-23(29-20)8-11-32/h2-5,7,10,12-14,27,32H,6,8-9,11H2,1H3,(H,29,30)(H2,25,26,28,31). The van der Waals surface area contributed by atoms with Crippen molar-refractivity contribution in [2.75, 3.05) is 30.9 Å². The Morgan fingerprint density at radius 1 is 1.03 bits per heavy atom. The zero-order valence-corrected chi connectivity index (χ0v) is 18.2. The molecule has 3 heterocycles. The van der Waals surface area contributed by atoms with Crippen LogP contribution in [0.1, 0.15) is 11.4 Å². The van der Waals surface area contributed by atoms with Gasteiger partial charge in [0, 0.05) is 41.9 Å². The molecule has 0 unspecified atom stereocenters. The van der Waals surface area contributed by atoms with Gasteiger partial charge in [-0.15, -0.1) is 0 Å². The molecular formula is C24H25N7O2. The van der Waals surface area contributed by atoms with Crippen LogP contribution in [0.15, 0.2) is 54.9 Å². The molecule has 2 aromatic carbocycles. The molecule has 0 saturated carbocycles. The molecule has 0 radical (unpaired) electrons. The second kappa shape index (κ2) is 9.17. The van der Waals surface area contributed by atoms with Gasteiger partial charge in [-0.1, -0.05) is 0 Å². The fraction of sp³-hybridized carbons (Fsp3) is 0.208. The van der Waals surface area contributed by atoms with Gasteiger partial charge in [-0.3, -0.25) is 0 Å². The highest BCUT2D eigenvalue weighted by molar-refractivity contribution is 5.84. The zero-order chi connectivity index (χ0) is 22.6. The van der Waals surface area contributed by atoms with Crippen LogP contribution in [0, 0.1) is 0 Å². The molecular weight excluding hydrogens is 418 g/mol. The lowest BCUT2D eigenvalue weighted by molar-refractivity contribution is 0.297. The van der Waals surface area contributed by atoms with Crippen molar-refractivity contribution in [1.82, 2.24) is 24.9 Å². The highest BCUT2D eigenvalue weighted by atomic mass is 16.5. The van der Waals surface area contributed by atoms with Gasteiger partial charge in [-0.25, -0.2) is 9.97 Å². The van der Waals surface area contributed by atoms with Crippen LogP contribution in [0.2, 0.25) is 0 Å². The Morgan fingerprint density at radius 3 is 2.85 bits per heavy atom. The number of imidazole rings is 1. The lowest BCUT2D eigenvalue weighted by atomic mass is 10.1. The van der Waals surface area contributed by atoms with E-state index in [-0.39, 0.29) is 6.61 Å². The van der Waals surface area contributed by atoms with Crippen molar-refractivity contribution in [2.45, 2.75) is 12.8 Å². The maximum absolute atomic E-state index is 9.10. The molecule has 0 saturated heterocycles. The van der Waals surface area contributed by atoms with E-state index in [1.54, 1.807) is 13.3 Å². The van der Waals surface area contributed by atoms with Crippen LogP contribution in [-0.4, -0.2) is 50.3 Å². The maximum Gasteiger partial charge on any atom is 0.224 e. The highest BCUT2D eigenvalue weighted by Gasteiger charge is 2.07. The number of aliphatic hydroxyl groups excluding tert-OH is 1. The first kappa shape index (κ1) is 20.8. The Balaban J connectivity index is 1.24. The molecule has 0 spiro atoms. The Kier molecular flexibility index (Phi) is 5.77. The zero-order valence-electron chi connectivity index (χ0n) is 18.2. The van der Waals surface area contributed by atoms with Crippen LogP contribution in [0.25, 0.3) is 21.9 Å². The topological polar surface area (TPSA) is 124 Å². The molecule has 3 aromatic heterocycles. The summed E-state index contributed by atoms with van der Waals surface area (Å²) in [6.07, 6.45) is 5.08. The van der Waals surface area contributed by atoms with E-state index in [0.29, 0.717) is 24.7 Å². The quantitative estimate of drug-likeness (QED) is 0.235. The highest BCUT2D eigenvalue weighted by Crippen LogP contribution is 2.24. The van der Waals surface area contributed by atoms with Crippen LogP contribution in [-0.2, 0) is 12.8 Å². The van der Waals surface area contributed by atoms with Gasteiger partial charge in [0.15, 0.2) is 0 Å². The molecule has 168 valence electrons. The summed E-state index contributed by atoms with van der Waals surface area (Å²) in [6, 6.07) is 13.7. The predicted molar refractivity (Wildman–Crippen MR) is 129 cm³/mol. The number of aliphatic hydroxyl groups is 1. The van der Waals surface area contributed by atoms with E-state index in [0.717, 1.165) is 45.6 Å². The largest absolute Gasteiger partial charge is 0.497 e. The van der Waals surface area contributed by atoms with Gasteiger partial charge in [0.25, 0.3) is 0 Å². The molecule has 0 atom stereocenters. The van der Waals surface area contributed by atoms with Crippen molar-refractivity contribution in [3.63, 3.8) is 0 Å². The smallest absolute Gasteiger partial charge is 0.224 e. The number of methoxy groups -OCH3 is 1. The lowest BCUT2D eigenvalue weighted by Crippen LogP contribution is -2.08. The molecule has 5 N–H and O–H groups in total. The van der Waals surface area contributed by atoms with E-state index in [1.807, 2.05) is 48.7 Å². The summed E-state index contributed by atoms with van der Waals surface area (Å²) in [6.45, 7) is 0.761. The molecule has 0 aliphatic carbocycles. The van der Waals surface area contributed by atoms with Gasteiger partial charge in [0.1, 0.15) is 17.4 Å². The molecule has 33 heavy (non-hydrogen) atoms. The summed E-state index contributed by atoms with van der Waals surface area (Å²) in [5.41, 5.74) is 4.96.